The van der Waals surface area contributed by atoms with E-state index in [1.54, 1.807) is 13.8 Å². The summed E-state index contributed by atoms with van der Waals surface area (Å²) in [6.45, 7) is 6.06. The van der Waals surface area contributed by atoms with Crippen molar-refractivity contribution in [2.75, 3.05) is 26.2 Å². The van der Waals surface area contributed by atoms with Gasteiger partial charge in [0.05, 0.1) is 10.6 Å². The Labute approximate surface area is 203 Å². The lowest BCUT2D eigenvalue weighted by atomic mass is 10.2. The second-order valence-corrected chi connectivity index (χ2v) is 10.2. The quantitative estimate of drug-likeness (QED) is 0.498. The zero-order valence-corrected chi connectivity index (χ0v) is 20.3. The molecule has 1 fully saturated rings. The molecule has 0 bridgehead atoms. The van der Waals surface area contributed by atoms with Crippen LogP contribution in [0.5, 0.6) is 0 Å². The Morgan fingerprint density at radius 3 is 2.14 bits per heavy atom. The standard InChI is InChI=1S/C24H27N5O5S/c1-17-22(18(2)34-27-17)24(31)26-25-23(30)20-8-10-21(11-9-20)35(32,33)29-14-12-28(13-15-29)16-19-6-4-3-5-7-19/h3-11H,12-16H2,1-2H3,(H,25,30)(H,26,31). The largest absolute Gasteiger partial charge is 0.361 e. The van der Waals surface area contributed by atoms with Crippen LogP contribution in [0.25, 0.3) is 0 Å². The molecule has 35 heavy (non-hydrogen) atoms. The topological polar surface area (TPSA) is 125 Å². The van der Waals surface area contributed by atoms with Crippen molar-refractivity contribution >= 4 is 21.8 Å². The van der Waals surface area contributed by atoms with Gasteiger partial charge in [-0.25, -0.2) is 8.42 Å². The SMILES string of the molecule is Cc1noc(C)c1C(=O)NNC(=O)c1ccc(S(=O)(=O)N2CCN(Cc3ccccc3)CC2)cc1. The van der Waals surface area contributed by atoms with Gasteiger partial charge < -0.3 is 4.52 Å². The number of nitrogens with one attached hydrogen (secondary N) is 2. The van der Waals surface area contributed by atoms with Crippen LogP contribution in [0.4, 0.5) is 0 Å². The number of sulfonamides is 1. The van der Waals surface area contributed by atoms with E-state index in [1.807, 2.05) is 18.2 Å². The van der Waals surface area contributed by atoms with E-state index in [9.17, 15) is 18.0 Å². The summed E-state index contributed by atoms with van der Waals surface area (Å²) in [5.74, 6) is -0.798. The highest BCUT2D eigenvalue weighted by atomic mass is 32.2. The van der Waals surface area contributed by atoms with Crippen molar-refractivity contribution in [3.63, 3.8) is 0 Å². The van der Waals surface area contributed by atoms with Crippen LogP contribution < -0.4 is 10.9 Å². The number of carbonyl (C=O) groups is 2. The first-order chi connectivity index (χ1) is 16.8. The highest BCUT2D eigenvalue weighted by Gasteiger charge is 2.28. The van der Waals surface area contributed by atoms with Gasteiger partial charge in [0.15, 0.2) is 0 Å². The number of benzene rings is 2. The Hall–Kier alpha value is -3.54. The highest BCUT2D eigenvalue weighted by molar-refractivity contribution is 7.89. The number of hydrazine groups is 1. The van der Waals surface area contributed by atoms with Gasteiger partial charge in [0.1, 0.15) is 11.3 Å². The molecule has 1 saturated heterocycles. The minimum atomic E-state index is -3.68. The van der Waals surface area contributed by atoms with Gasteiger partial charge in [0, 0.05) is 38.3 Å². The van der Waals surface area contributed by atoms with Gasteiger partial charge in [0.2, 0.25) is 10.0 Å². The number of amides is 2. The van der Waals surface area contributed by atoms with E-state index < -0.39 is 21.8 Å². The monoisotopic (exact) mass is 497 g/mol. The van der Waals surface area contributed by atoms with Crippen molar-refractivity contribution in [1.82, 2.24) is 25.2 Å². The lowest BCUT2D eigenvalue weighted by Crippen LogP contribution is -2.48. The summed E-state index contributed by atoms with van der Waals surface area (Å²) in [5, 5.41) is 3.70. The Kier molecular flexibility index (Phi) is 7.29. The maximum atomic E-state index is 13.1. The number of hydrogen-bond donors (Lipinski definition) is 2. The predicted molar refractivity (Wildman–Crippen MR) is 128 cm³/mol. The molecule has 2 aromatic carbocycles. The molecule has 10 nitrogen and oxygen atoms in total. The molecule has 1 aliphatic rings. The van der Waals surface area contributed by atoms with Crippen LogP contribution in [0.15, 0.2) is 64.0 Å². The van der Waals surface area contributed by atoms with Gasteiger partial charge in [-0.05, 0) is 43.7 Å². The lowest BCUT2D eigenvalue weighted by molar-refractivity contribution is 0.0845. The normalized spacial score (nSPS) is 15.0. The van der Waals surface area contributed by atoms with Gasteiger partial charge in [-0.3, -0.25) is 25.3 Å². The molecule has 2 N–H and O–H groups in total. The third kappa shape index (κ3) is 5.59. The molecular formula is C24H27N5O5S. The number of rotatable bonds is 6. The Balaban J connectivity index is 1.33. The molecule has 0 radical (unpaired) electrons. The van der Waals surface area contributed by atoms with Crippen molar-refractivity contribution in [2.45, 2.75) is 25.3 Å². The fraction of sp³-hybridized carbons (Fsp3) is 0.292. The second-order valence-electron chi connectivity index (χ2n) is 8.30. The first-order valence-electron chi connectivity index (χ1n) is 11.2. The number of nitrogens with zero attached hydrogens (tertiary/aromatic N) is 3. The number of aryl methyl sites for hydroxylation is 2. The summed E-state index contributed by atoms with van der Waals surface area (Å²) < 4.78 is 32.6. The van der Waals surface area contributed by atoms with E-state index in [1.165, 1.54) is 34.1 Å². The smallest absolute Gasteiger partial charge is 0.275 e. The molecule has 1 aromatic heterocycles. The van der Waals surface area contributed by atoms with Crippen LogP contribution in [-0.2, 0) is 16.6 Å². The van der Waals surface area contributed by atoms with Crippen molar-refractivity contribution in [1.29, 1.82) is 0 Å². The Bertz CT molecular complexity index is 1280. The molecule has 2 heterocycles. The first-order valence-corrected chi connectivity index (χ1v) is 12.6. The molecule has 0 spiro atoms. The second kappa shape index (κ2) is 10.4. The van der Waals surface area contributed by atoms with Gasteiger partial charge in [-0.1, -0.05) is 35.5 Å². The molecule has 1 aliphatic heterocycles. The summed E-state index contributed by atoms with van der Waals surface area (Å²) >= 11 is 0. The van der Waals surface area contributed by atoms with E-state index in [0.717, 1.165) is 6.54 Å². The van der Waals surface area contributed by atoms with Crippen LogP contribution in [-0.4, -0.2) is 60.8 Å². The van der Waals surface area contributed by atoms with E-state index in [-0.39, 0.29) is 16.0 Å². The van der Waals surface area contributed by atoms with E-state index in [4.69, 9.17) is 4.52 Å². The molecule has 3 aromatic rings. The number of hydrogen-bond acceptors (Lipinski definition) is 7. The number of aromatic nitrogens is 1. The Morgan fingerprint density at radius 1 is 0.914 bits per heavy atom. The maximum Gasteiger partial charge on any atom is 0.275 e. The molecule has 4 rings (SSSR count). The molecule has 2 amide bonds. The van der Waals surface area contributed by atoms with Gasteiger partial charge in [-0.15, -0.1) is 0 Å². The summed E-state index contributed by atoms with van der Waals surface area (Å²) in [4.78, 5) is 27.0. The third-order valence-electron chi connectivity index (χ3n) is 5.88. The average molecular weight is 498 g/mol. The van der Waals surface area contributed by atoms with Gasteiger partial charge in [-0.2, -0.15) is 4.31 Å². The average Bonchev–Trinajstić information content (AvgIpc) is 3.21. The molecule has 0 unspecified atom stereocenters. The number of carbonyl (C=O) groups excluding carboxylic acids is 2. The molecular weight excluding hydrogens is 470 g/mol. The van der Waals surface area contributed by atoms with Crippen LogP contribution >= 0.6 is 0 Å². The first kappa shape index (κ1) is 24.6. The van der Waals surface area contributed by atoms with Crippen molar-refractivity contribution in [3.8, 4) is 0 Å². The van der Waals surface area contributed by atoms with Crippen LogP contribution in [0.3, 0.4) is 0 Å². The number of piperazine rings is 1. The molecule has 184 valence electrons. The van der Waals surface area contributed by atoms with Crippen LogP contribution in [0.1, 0.15) is 37.7 Å². The van der Waals surface area contributed by atoms with Gasteiger partial charge in [0.25, 0.3) is 11.8 Å². The summed E-state index contributed by atoms with van der Waals surface area (Å²) in [6.07, 6.45) is 0. The van der Waals surface area contributed by atoms with Crippen LogP contribution in [0.2, 0.25) is 0 Å². The molecule has 11 heteroatoms. The van der Waals surface area contributed by atoms with Crippen molar-refractivity contribution in [2.24, 2.45) is 0 Å². The maximum absolute atomic E-state index is 13.1. The van der Waals surface area contributed by atoms with E-state index in [0.29, 0.717) is 37.6 Å². The fourth-order valence-corrected chi connectivity index (χ4v) is 5.37. The third-order valence-corrected chi connectivity index (χ3v) is 7.80. The zero-order chi connectivity index (χ0) is 25.0. The zero-order valence-electron chi connectivity index (χ0n) is 19.5. The minimum Gasteiger partial charge on any atom is -0.361 e. The van der Waals surface area contributed by atoms with Crippen molar-refractivity contribution < 1.29 is 22.5 Å². The molecule has 0 saturated carbocycles. The fourth-order valence-electron chi connectivity index (χ4n) is 3.95. The van der Waals surface area contributed by atoms with Crippen molar-refractivity contribution in [3.05, 3.63) is 82.7 Å². The summed E-state index contributed by atoms with van der Waals surface area (Å²) in [6, 6.07) is 15.7. The highest BCUT2D eigenvalue weighted by Crippen LogP contribution is 2.19. The summed E-state index contributed by atoms with van der Waals surface area (Å²) in [7, 11) is -3.68. The minimum absolute atomic E-state index is 0.116. The van der Waals surface area contributed by atoms with E-state index >= 15 is 0 Å². The lowest BCUT2D eigenvalue weighted by Gasteiger charge is -2.34. The molecule has 0 atom stereocenters. The van der Waals surface area contributed by atoms with Gasteiger partial charge >= 0.3 is 0 Å². The predicted octanol–water partition coefficient (Wildman–Crippen LogP) is 1.87. The summed E-state index contributed by atoms with van der Waals surface area (Å²) in [5.41, 5.74) is 6.68. The Morgan fingerprint density at radius 2 is 1.54 bits per heavy atom. The molecule has 0 aliphatic carbocycles. The van der Waals surface area contributed by atoms with Crippen LogP contribution in [0, 0.1) is 13.8 Å². The van der Waals surface area contributed by atoms with E-state index in [2.05, 4.69) is 33.0 Å².